The van der Waals surface area contributed by atoms with Crippen molar-refractivity contribution in [3.8, 4) is 0 Å². The predicted octanol–water partition coefficient (Wildman–Crippen LogP) is 1.14. The average molecular weight is 332 g/mol. The molecule has 0 bridgehead atoms. The van der Waals surface area contributed by atoms with E-state index in [0.717, 1.165) is 4.90 Å². The lowest BCUT2D eigenvalue weighted by atomic mass is 10.0. The molecule has 2 unspecified atom stereocenters. The number of imide groups is 1. The van der Waals surface area contributed by atoms with E-state index in [4.69, 9.17) is 5.11 Å². The maximum atomic E-state index is 12.5. The molecule has 1 aliphatic heterocycles. The molecule has 0 fully saturated rings. The van der Waals surface area contributed by atoms with Crippen LogP contribution in [-0.4, -0.2) is 46.3 Å². The Kier molecular flexibility index (Phi) is 5.02. The van der Waals surface area contributed by atoms with Gasteiger partial charge in [0.25, 0.3) is 11.8 Å². The lowest BCUT2D eigenvalue weighted by Crippen LogP contribution is -2.53. The normalized spacial score (nSPS) is 16.1. The van der Waals surface area contributed by atoms with E-state index in [2.05, 4.69) is 5.32 Å². The standard InChI is InChI=1S/C17H20N2O5/c1-9(2)13(14(20)18-8-10(3)17(23)24)19-15(21)11-6-4-5-7-12(11)16(19)22/h4-7,9-10,13H,8H2,1-3H3,(H,18,20)(H,23,24). The first kappa shape index (κ1) is 17.7. The van der Waals surface area contributed by atoms with E-state index in [1.165, 1.54) is 6.92 Å². The number of carbonyl (C=O) groups excluding carboxylic acids is 3. The van der Waals surface area contributed by atoms with Gasteiger partial charge in [-0.25, -0.2) is 0 Å². The van der Waals surface area contributed by atoms with Gasteiger partial charge in [0, 0.05) is 6.54 Å². The molecule has 1 aromatic carbocycles. The average Bonchev–Trinajstić information content (AvgIpc) is 2.78. The van der Waals surface area contributed by atoms with Crippen LogP contribution >= 0.6 is 0 Å². The van der Waals surface area contributed by atoms with E-state index in [0.29, 0.717) is 0 Å². The molecule has 0 aliphatic carbocycles. The summed E-state index contributed by atoms with van der Waals surface area (Å²) in [5.41, 5.74) is 0.555. The largest absolute Gasteiger partial charge is 0.481 e. The van der Waals surface area contributed by atoms with Crippen LogP contribution in [-0.2, 0) is 9.59 Å². The first-order chi connectivity index (χ1) is 11.3. The molecule has 1 aliphatic rings. The van der Waals surface area contributed by atoms with Crippen LogP contribution < -0.4 is 5.32 Å². The molecule has 1 aromatic rings. The van der Waals surface area contributed by atoms with Gasteiger partial charge in [-0.05, 0) is 18.1 Å². The van der Waals surface area contributed by atoms with Crippen molar-refractivity contribution in [2.45, 2.75) is 26.8 Å². The molecule has 128 valence electrons. The lowest BCUT2D eigenvalue weighted by Gasteiger charge is -2.28. The number of carboxylic acids is 1. The topological polar surface area (TPSA) is 104 Å². The molecule has 3 amide bonds. The summed E-state index contributed by atoms with van der Waals surface area (Å²) in [6, 6.07) is 5.44. The zero-order valence-electron chi connectivity index (χ0n) is 13.8. The van der Waals surface area contributed by atoms with Crippen LogP contribution in [0.25, 0.3) is 0 Å². The molecule has 0 aromatic heterocycles. The second-order valence-electron chi connectivity index (χ2n) is 6.20. The fourth-order valence-electron chi connectivity index (χ4n) is 2.62. The van der Waals surface area contributed by atoms with E-state index in [-0.39, 0.29) is 23.6 Å². The maximum absolute atomic E-state index is 12.5. The zero-order valence-corrected chi connectivity index (χ0v) is 13.8. The Balaban J connectivity index is 2.23. The van der Waals surface area contributed by atoms with Gasteiger partial charge in [-0.2, -0.15) is 0 Å². The molecule has 0 radical (unpaired) electrons. The number of hydrogen-bond acceptors (Lipinski definition) is 4. The smallest absolute Gasteiger partial charge is 0.308 e. The number of rotatable bonds is 6. The van der Waals surface area contributed by atoms with Gasteiger partial charge >= 0.3 is 5.97 Å². The van der Waals surface area contributed by atoms with Gasteiger partial charge in [0.1, 0.15) is 6.04 Å². The lowest BCUT2D eigenvalue weighted by molar-refractivity contribution is -0.141. The van der Waals surface area contributed by atoms with Gasteiger partial charge in [0.2, 0.25) is 5.91 Å². The van der Waals surface area contributed by atoms with Crippen molar-refractivity contribution < 1.29 is 24.3 Å². The summed E-state index contributed by atoms with van der Waals surface area (Å²) in [6.07, 6.45) is 0. The highest BCUT2D eigenvalue weighted by atomic mass is 16.4. The molecule has 0 saturated heterocycles. The van der Waals surface area contributed by atoms with Crippen LogP contribution in [0.5, 0.6) is 0 Å². The van der Waals surface area contributed by atoms with Crippen molar-refractivity contribution in [1.29, 1.82) is 0 Å². The molecule has 2 N–H and O–H groups in total. The summed E-state index contributed by atoms with van der Waals surface area (Å²) in [5, 5.41) is 11.4. The number of amides is 3. The number of aliphatic carboxylic acids is 1. The number of benzene rings is 1. The van der Waals surface area contributed by atoms with E-state index in [9.17, 15) is 19.2 Å². The number of fused-ring (bicyclic) bond motifs is 1. The summed E-state index contributed by atoms with van der Waals surface area (Å²) < 4.78 is 0. The Morgan fingerprint density at radius 1 is 1.08 bits per heavy atom. The van der Waals surface area contributed by atoms with Crippen LogP contribution in [0, 0.1) is 11.8 Å². The van der Waals surface area contributed by atoms with Crippen LogP contribution in [0.3, 0.4) is 0 Å². The molecular weight excluding hydrogens is 312 g/mol. The molecular formula is C17H20N2O5. The molecule has 0 saturated carbocycles. The highest BCUT2D eigenvalue weighted by Crippen LogP contribution is 2.27. The minimum atomic E-state index is -1.03. The summed E-state index contributed by atoms with van der Waals surface area (Å²) in [6.45, 7) is 4.86. The highest BCUT2D eigenvalue weighted by molar-refractivity contribution is 6.22. The van der Waals surface area contributed by atoms with E-state index in [1.807, 2.05) is 0 Å². The third-order valence-electron chi connectivity index (χ3n) is 4.01. The Hall–Kier alpha value is -2.70. The van der Waals surface area contributed by atoms with Gasteiger partial charge in [-0.1, -0.05) is 32.9 Å². The van der Waals surface area contributed by atoms with Crippen molar-refractivity contribution >= 4 is 23.7 Å². The van der Waals surface area contributed by atoms with Crippen LogP contribution in [0.4, 0.5) is 0 Å². The highest BCUT2D eigenvalue weighted by Gasteiger charge is 2.43. The van der Waals surface area contributed by atoms with Crippen molar-refractivity contribution in [3.05, 3.63) is 35.4 Å². The number of hydrogen-bond donors (Lipinski definition) is 2. The minimum absolute atomic E-state index is 0.0689. The Labute approximate surface area is 139 Å². The zero-order chi connectivity index (χ0) is 18.0. The Morgan fingerprint density at radius 3 is 2.00 bits per heavy atom. The fourth-order valence-corrected chi connectivity index (χ4v) is 2.62. The predicted molar refractivity (Wildman–Crippen MR) is 85.4 cm³/mol. The molecule has 2 atom stereocenters. The number of nitrogens with zero attached hydrogens (tertiary/aromatic N) is 1. The minimum Gasteiger partial charge on any atom is -0.481 e. The van der Waals surface area contributed by atoms with Gasteiger partial charge < -0.3 is 10.4 Å². The second-order valence-corrected chi connectivity index (χ2v) is 6.20. The van der Waals surface area contributed by atoms with Gasteiger partial charge in [-0.15, -0.1) is 0 Å². The molecule has 7 nitrogen and oxygen atoms in total. The number of carbonyl (C=O) groups is 4. The van der Waals surface area contributed by atoms with Gasteiger partial charge in [-0.3, -0.25) is 24.1 Å². The maximum Gasteiger partial charge on any atom is 0.308 e. The van der Waals surface area contributed by atoms with E-state index >= 15 is 0 Å². The summed E-state index contributed by atoms with van der Waals surface area (Å²) in [4.78, 5) is 49.4. The van der Waals surface area contributed by atoms with Crippen molar-refractivity contribution in [1.82, 2.24) is 10.2 Å². The van der Waals surface area contributed by atoms with E-state index in [1.54, 1.807) is 38.1 Å². The third-order valence-corrected chi connectivity index (χ3v) is 4.01. The summed E-state index contributed by atoms with van der Waals surface area (Å²) >= 11 is 0. The SMILES string of the molecule is CC(CNC(=O)C(C(C)C)N1C(=O)c2ccccc2C1=O)C(=O)O. The molecule has 7 heteroatoms. The molecule has 0 spiro atoms. The first-order valence-electron chi connectivity index (χ1n) is 7.73. The van der Waals surface area contributed by atoms with Crippen LogP contribution in [0.2, 0.25) is 0 Å². The second kappa shape index (κ2) is 6.82. The molecule has 24 heavy (non-hydrogen) atoms. The summed E-state index contributed by atoms with van der Waals surface area (Å²) in [5.74, 6) is -3.65. The number of carboxylic acid groups (broad SMARTS) is 1. The Morgan fingerprint density at radius 2 is 1.58 bits per heavy atom. The van der Waals surface area contributed by atoms with Crippen LogP contribution in [0.15, 0.2) is 24.3 Å². The van der Waals surface area contributed by atoms with Crippen molar-refractivity contribution in [2.75, 3.05) is 6.54 Å². The Bertz CT molecular complexity index is 663. The molecule has 1 heterocycles. The summed E-state index contributed by atoms with van der Waals surface area (Å²) in [7, 11) is 0. The van der Waals surface area contributed by atoms with Crippen molar-refractivity contribution in [3.63, 3.8) is 0 Å². The fraction of sp³-hybridized carbons (Fsp3) is 0.412. The van der Waals surface area contributed by atoms with Gasteiger partial charge in [0.05, 0.1) is 17.0 Å². The van der Waals surface area contributed by atoms with E-state index < -0.39 is 35.7 Å². The van der Waals surface area contributed by atoms with Gasteiger partial charge in [0.15, 0.2) is 0 Å². The quantitative estimate of drug-likeness (QED) is 0.760. The third kappa shape index (κ3) is 3.15. The number of nitrogens with one attached hydrogen (secondary N) is 1. The van der Waals surface area contributed by atoms with Crippen molar-refractivity contribution in [2.24, 2.45) is 11.8 Å². The molecule has 2 rings (SSSR count). The van der Waals surface area contributed by atoms with Crippen LogP contribution in [0.1, 0.15) is 41.5 Å². The first-order valence-corrected chi connectivity index (χ1v) is 7.73. The monoisotopic (exact) mass is 332 g/mol.